The second-order valence-electron chi connectivity index (χ2n) is 4.23. The molecule has 3 nitrogen and oxygen atoms in total. The zero-order valence-electron chi connectivity index (χ0n) is 11.1. The summed E-state index contributed by atoms with van der Waals surface area (Å²) in [5.74, 6) is 1.59. The fourth-order valence-electron chi connectivity index (χ4n) is 2.02. The molecule has 1 unspecified atom stereocenters. The summed E-state index contributed by atoms with van der Waals surface area (Å²) in [6.45, 7) is 2.15. The van der Waals surface area contributed by atoms with Crippen molar-refractivity contribution in [2.75, 3.05) is 7.05 Å². The third-order valence-corrected chi connectivity index (χ3v) is 3.39. The first-order valence-corrected chi connectivity index (χ1v) is 7.08. The molecule has 0 aliphatic heterocycles. The minimum Gasteiger partial charge on any atom is -0.455 e. The van der Waals surface area contributed by atoms with Crippen LogP contribution in [0.2, 0.25) is 0 Å². The molecular formula is C15H17BrN2O. The van der Waals surface area contributed by atoms with Crippen molar-refractivity contribution in [2.45, 2.75) is 19.4 Å². The molecule has 0 fully saturated rings. The average molecular weight is 321 g/mol. The summed E-state index contributed by atoms with van der Waals surface area (Å²) >= 11 is 3.40. The van der Waals surface area contributed by atoms with Crippen molar-refractivity contribution in [1.29, 1.82) is 0 Å². The van der Waals surface area contributed by atoms with Crippen molar-refractivity contribution < 1.29 is 4.74 Å². The van der Waals surface area contributed by atoms with Crippen LogP contribution in [0.15, 0.2) is 47.2 Å². The monoisotopic (exact) mass is 320 g/mol. The standard InChI is InChI=1S/C15H17BrN2O/c1-3-14(17-2)13-6-4-5-7-15(13)19-12-8-11(16)9-18-10-12/h4-10,14,17H,3H2,1-2H3. The van der Waals surface area contributed by atoms with E-state index in [1.807, 2.05) is 31.3 Å². The van der Waals surface area contributed by atoms with Crippen LogP contribution in [-0.4, -0.2) is 12.0 Å². The number of nitrogens with one attached hydrogen (secondary N) is 1. The van der Waals surface area contributed by atoms with E-state index in [2.05, 4.69) is 39.2 Å². The maximum Gasteiger partial charge on any atom is 0.146 e. The molecule has 0 aliphatic carbocycles. The quantitative estimate of drug-likeness (QED) is 0.891. The Kier molecular flexibility index (Phi) is 4.93. The van der Waals surface area contributed by atoms with Crippen LogP contribution in [-0.2, 0) is 0 Å². The van der Waals surface area contributed by atoms with E-state index in [0.717, 1.165) is 28.0 Å². The van der Waals surface area contributed by atoms with Gasteiger partial charge >= 0.3 is 0 Å². The Morgan fingerprint density at radius 3 is 2.79 bits per heavy atom. The van der Waals surface area contributed by atoms with Crippen molar-refractivity contribution in [2.24, 2.45) is 0 Å². The molecule has 1 N–H and O–H groups in total. The summed E-state index contributed by atoms with van der Waals surface area (Å²) < 4.78 is 6.85. The Hall–Kier alpha value is -1.39. The van der Waals surface area contributed by atoms with E-state index in [0.29, 0.717) is 0 Å². The molecule has 0 spiro atoms. The second kappa shape index (κ2) is 6.68. The summed E-state index contributed by atoms with van der Waals surface area (Å²) in [4.78, 5) is 4.11. The molecule has 2 rings (SSSR count). The molecule has 0 amide bonds. The lowest BCUT2D eigenvalue weighted by Crippen LogP contribution is -2.15. The molecule has 100 valence electrons. The number of halogens is 1. The smallest absolute Gasteiger partial charge is 0.146 e. The van der Waals surface area contributed by atoms with E-state index in [1.165, 1.54) is 0 Å². The Morgan fingerprint density at radius 2 is 2.11 bits per heavy atom. The summed E-state index contributed by atoms with van der Waals surface area (Å²) in [5, 5.41) is 3.30. The van der Waals surface area contributed by atoms with Crippen molar-refractivity contribution in [3.63, 3.8) is 0 Å². The van der Waals surface area contributed by atoms with Gasteiger partial charge in [-0.25, -0.2) is 0 Å². The minimum atomic E-state index is 0.288. The van der Waals surface area contributed by atoms with E-state index in [4.69, 9.17) is 4.74 Å². The van der Waals surface area contributed by atoms with Gasteiger partial charge in [0.05, 0.1) is 6.20 Å². The van der Waals surface area contributed by atoms with Gasteiger partial charge < -0.3 is 10.1 Å². The Morgan fingerprint density at radius 1 is 1.32 bits per heavy atom. The van der Waals surface area contributed by atoms with Crippen LogP contribution in [0.3, 0.4) is 0 Å². The molecule has 1 heterocycles. The SMILES string of the molecule is CCC(NC)c1ccccc1Oc1cncc(Br)c1. The molecule has 1 aromatic carbocycles. The van der Waals surface area contributed by atoms with Crippen LogP contribution in [0.5, 0.6) is 11.5 Å². The van der Waals surface area contributed by atoms with Crippen LogP contribution in [0.25, 0.3) is 0 Å². The number of aromatic nitrogens is 1. The van der Waals surface area contributed by atoms with Gasteiger partial charge in [-0.05, 0) is 41.5 Å². The third kappa shape index (κ3) is 3.55. The first-order valence-electron chi connectivity index (χ1n) is 6.29. The number of nitrogens with zero attached hydrogens (tertiary/aromatic N) is 1. The number of para-hydroxylation sites is 1. The summed E-state index contributed by atoms with van der Waals surface area (Å²) in [7, 11) is 1.96. The largest absolute Gasteiger partial charge is 0.455 e. The fraction of sp³-hybridized carbons (Fsp3) is 0.267. The third-order valence-electron chi connectivity index (χ3n) is 2.96. The lowest BCUT2D eigenvalue weighted by atomic mass is 10.0. The highest BCUT2D eigenvalue weighted by Crippen LogP contribution is 2.31. The summed E-state index contributed by atoms with van der Waals surface area (Å²) in [6.07, 6.45) is 4.46. The first-order chi connectivity index (χ1) is 9.24. The number of benzene rings is 1. The van der Waals surface area contributed by atoms with Gasteiger partial charge in [0.2, 0.25) is 0 Å². The summed E-state index contributed by atoms with van der Waals surface area (Å²) in [5.41, 5.74) is 1.16. The lowest BCUT2D eigenvalue weighted by molar-refractivity contribution is 0.456. The number of hydrogen-bond acceptors (Lipinski definition) is 3. The van der Waals surface area contributed by atoms with Crippen LogP contribution < -0.4 is 10.1 Å². The van der Waals surface area contributed by atoms with Gasteiger partial charge in [-0.2, -0.15) is 0 Å². The zero-order valence-corrected chi connectivity index (χ0v) is 12.6. The van der Waals surface area contributed by atoms with Crippen molar-refractivity contribution in [1.82, 2.24) is 10.3 Å². The molecule has 0 radical (unpaired) electrons. The van der Waals surface area contributed by atoms with Gasteiger partial charge in [0.25, 0.3) is 0 Å². The normalized spacial score (nSPS) is 12.2. The van der Waals surface area contributed by atoms with Crippen molar-refractivity contribution >= 4 is 15.9 Å². The molecule has 19 heavy (non-hydrogen) atoms. The number of hydrogen-bond donors (Lipinski definition) is 1. The van der Waals surface area contributed by atoms with Gasteiger partial charge in [0, 0.05) is 22.3 Å². The lowest BCUT2D eigenvalue weighted by Gasteiger charge is -2.18. The van der Waals surface area contributed by atoms with Crippen molar-refractivity contribution in [3.8, 4) is 11.5 Å². The number of pyridine rings is 1. The second-order valence-corrected chi connectivity index (χ2v) is 5.14. The highest BCUT2D eigenvalue weighted by molar-refractivity contribution is 9.10. The Balaban J connectivity index is 2.30. The van der Waals surface area contributed by atoms with Gasteiger partial charge in [-0.1, -0.05) is 25.1 Å². The molecule has 0 bridgehead atoms. The van der Waals surface area contributed by atoms with E-state index >= 15 is 0 Å². The number of rotatable bonds is 5. The molecule has 0 aliphatic rings. The number of ether oxygens (including phenoxy) is 1. The Bertz CT molecular complexity index is 541. The molecule has 1 atom stereocenters. The van der Waals surface area contributed by atoms with Crippen LogP contribution >= 0.6 is 15.9 Å². The Labute approximate surface area is 122 Å². The van der Waals surface area contributed by atoms with E-state index in [9.17, 15) is 0 Å². The van der Waals surface area contributed by atoms with E-state index < -0.39 is 0 Å². The molecule has 0 saturated carbocycles. The molecule has 0 saturated heterocycles. The fourth-order valence-corrected chi connectivity index (χ4v) is 2.36. The highest BCUT2D eigenvalue weighted by Gasteiger charge is 2.12. The first kappa shape index (κ1) is 14.0. The minimum absolute atomic E-state index is 0.288. The average Bonchev–Trinajstić information content (AvgIpc) is 2.42. The van der Waals surface area contributed by atoms with Crippen LogP contribution in [0.4, 0.5) is 0 Å². The molecule has 4 heteroatoms. The van der Waals surface area contributed by atoms with Crippen LogP contribution in [0, 0.1) is 0 Å². The van der Waals surface area contributed by atoms with Gasteiger partial charge in [0.15, 0.2) is 0 Å². The maximum atomic E-state index is 5.94. The van der Waals surface area contributed by atoms with Crippen LogP contribution in [0.1, 0.15) is 24.9 Å². The topological polar surface area (TPSA) is 34.1 Å². The van der Waals surface area contributed by atoms with Crippen molar-refractivity contribution in [3.05, 3.63) is 52.8 Å². The van der Waals surface area contributed by atoms with E-state index in [1.54, 1.807) is 12.4 Å². The molecular weight excluding hydrogens is 304 g/mol. The van der Waals surface area contributed by atoms with Gasteiger partial charge in [-0.15, -0.1) is 0 Å². The van der Waals surface area contributed by atoms with Gasteiger partial charge in [0.1, 0.15) is 11.5 Å². The maximum absolute atomic E-state index is 5.94. The predicted molar refractivity (Wildman–Crippen MR) is 80.5 cm³/mol. The zero-order chi connectivity index (χ0) is 13.7. The molecule has 1 aromatic heterocycles. The predicted octanol–water partition coefficient (Wildman–Crippen LogP) is 4.31. The van der Waals surface area contributed by atoms with Gasteiger partial charge in [-0.3, -0.25) is 4.98 Å². The summed E-state index contributed by atoms with van der Waals surface area (Å²) in [6, 6.07) is 10.3. The highest BCUT2D eigenvalue weighted by atomic mass is 79.9. The molecule has 2 aromatic rings. The van der Waals surface area contributed by atoms with E-state index in [-0.39, 0.29) is 6.04 Å².